The number of nitrogens with zero attached hydrogens (tertiary/aromatic N) is 3. The average molecular weight is 400 g/mol. The highest BCUT2D eigenvalue weighted by molar-refractivity contribution is 7.98. The first-order valence-electron chi connectivity index (χ1n) is 7.10. The van der Waals surface area contributed by atoms with E-state index in [-0.39, 0.29) is 5.09 Å². The highest BCUT2D eigenvalue weighted by Crippen LogP contribution is 2.27. The molecule has 3 aromatic rings. The van der Waals surface area contributed by atoms with Crippen molar-refractivity contribution in [3.63, 3.8) is 0 Å². The van der Waals surface area contributed by atoms with Crippen molar-refractivity contribution >= 4 is 33.4 Å². The van der Waals surface area contributed by atoms with Crippen LogP contribution in [-0.2, 0) is 15.8 Å². The molecule has 25 heavy (non-hydrogen) atoms. The molecule has 0 aliphatic rings. The molecule has 0 atom stereocenters. The number of rotatable bonds is 6. The SMILES string of the molecule is CN(C)S(=O)(=O)c1ccc(CSc2nnc(-c3ccc(Cl)cc3)o2)o1. The minimum Gasteiger partial charge on any atom is -0.447 e. The molecule has 1 aromatic carbocycles. The molecule has 10 heteroatoms. The van der Waals surface area contributed by atoms with Crippen LogP contribution in [-0.4, -0.2) is 37.0 Å². The van der Waals surface area contributed by atoms with Gasteiger partial charge in [0.15, 0.2) is 0 Å². The number of benzene rings is 1. The second kappa shape index (κ2) is 7.20. The number of sulfonamides is 1. The zero-order valence-corrected chi connectivity index (χ0v) is 15.7. The summed E-state index contributed by atoms with van der Waals surface area (Å²) in [6.07, 6.45) is 0. The lowest BCUT2D eigenvalue weighted by molar-refractivity contribution is 0.407. The fourth-order valence-electron chi connectivity index (χ4n) is 1.86. The third kappa shape index (κ3) is 4.06. The van der Waals surface area contributed by atoms with Crippen molar-refractivity contribution in [2.24, 2.45) is 0 Å². The second-order valence-corrected chi connectivity index (χ2v) is 8.62. The quantitative estimate of drug-likeness (QED) is 0.585. The Bertz CT molecular complexity index is 965. The first-order chi connectivity index (χ1) is 11.9. The van der Waals surface area contributed by atoms with Crippen LogP contribution in [0.2, 0.25) is 5.02 Å². The zero-order chi connectivity index (χ0) is 18.0. The van der Waals surface area contributed by atoms with Crippen molar-refractivity contribution in [3.8, 4) is 11.5 Å². The van der Waals surface area contributed by atoms with Gasteiger partial charge in [0.1, 0.15) is 5.76 Å². The van der Waals surface area contributed by atoms with Gasteiger partial charge in [-0.15, -0.1) is 10.2 Å². The van der Waals surface area contributed by atoms with E-state index >= 15 is 0 Å². The van der Waals surface area contributed by atoms with Gasteiger partial charge in [-0.2, -0.15) is 0 Å². The van der Waals surface area contributed by atoms with Crippen LogP contribution in [0.5, 0.6) is 0 Å². The summed E-state index contributed by atoms with van der Waals surface area (Å²) in [5.74, 6) is 1.25. The number of hydrogen-bond acceptors (Lipinski definition) is 7. The summed E-state index contributed by atoms with van der Waals surface area (Å²) < 4.78 is 36.0. The molecule has 0 amide bonds. The van der Waals surface area contributed by atoms with Crippen LogP contribution < -0.4 is 0 Å². The van der Waals surface area contributed by atoms with Crippen LogP contribution in [0.1, 0.15) is 5.76 Å². The van der Waals surface area contributed by atoms with Crippen molar-refractivity contribution in [2.45, 2.75) is 16.1 Å². The van der Waals surface area contributed by atoms with E-state index < -0.39 is 10.0 Å². The molecule has 0 fully saturated rings. The first kappa shape index (κ1) is 18.0. The molecular formula is C15H14ClN3O4S2. The molecular weight excluding hydrogens is 386 g/mol. The van der Waals surface area contributed by atoms with E-state index in [4.69, 9.17) is 20.4 Å². The van der Waals surface area contributed by atoms with E-state index in [9.17, 15) is 8.42 Å². The predicted octanol–water partition coefficient (Wildman–Crippen LogP) is 3.53. The van der Waals surface area contributed by atoms with Gasteiger partial charge >= 0.3 is 0 Å². The Hall–Kier alpha value is -1.81. The predicted molar refractivity (Wildman–Crippen MR) is 93.9 cm³/mol. The van der Waals surface area contributed by atoms with Crippen LogP contribution in [0.15, 0.2) is 55.5 Å². The van der Waals surface area contributed by atoms with Gasteiger partial charge in [-0.3, -0.25) is 0 Å². The average Bonchev–Trinajstić information content (AvgIpc) is 3.23. The molecule has 0 unspecified atom stereocenters. The van der Waals surface area contributed by atoms with Gasteiger partial charge in [0.2, 0.25) is 11.0 Å². The molecule has 2 aromatic heterocycles. The van der Waals surface area contributed by atoms with Crippen molar-refractivity contribution in [1.29, 1.82) is 0 Å². The Morgan fingerprint density at radius 2 is 1.80 bits per heavy atom. The Kier molecular flexibility index (Phi) is 5.19. The fraction of sp³-hybridized carbons (Fsp3) is 0.200. The van der Waals surface area contributed by atoms with Crippen molar-refractivity contribution in [3.05, 3.63) is 47.2 Å². The molecule has 0 saturated carbocycles. The topological polar surface area (TPSA) is 89.4 Å². The molecule has 132 valence electrons. The van der Waals surface area contributed by atoms with Crippen molar-refractivity contribution in [1.82, 2.24) is 14.5 Å². The molecule has 0 aliphatic heterocycles. The normalized spacial score (nSPS) is 12.0. The number of halogens is 1. The van der Waals surface area contributed by atoms with Gasteiger partial charge in [-0.1, -0.05) is 23.4 Å². The molecule has 0 aliphatic carbocycles. The zero-order valence-electron chi connectivity index (χ0n) is 13.3. The first-order valence-corrected chi connectivity index (χ1v) is 9.90. The van der Waals surface area contributed by atoms with Gasteiger partial charge in [0.05, 0.1) is 5.75 Å². The van der Waals surface area contributed by atoms with Gasteiger partial charge in [-0.25, -0.2) is 12.7 Å². The van der Waals surface area contributed by atoms with Crippen LogP contribution in [0.3, 0.4) is 0 Å². The van der Waals surface area contributed by atoms with E-state index in [1.54, 1.807) is 30.3 Å². The van der Waals surface area contributed by atoms with Gasteiger partial charge < -0.3 is 8.83 Å². The van der Waals surface area contributed by atoms with Gasteiger partial charge in [-0.05, 0) is 36.4 Å². The lowest BCUT2D eigenvalue weighted by Gasteiger charge is -2.07. The third-order valence-electron chi connectivity index (χ3n) is 3.21. The van der Waals surface area contributed by atoms with E-state index in [1.165, 1.54) is 31.9 Å². The third-order valence-corrected chi connectivity index (χ3v) is 5.99. The summed E-state index contributed by atoms with van der Waals surface area (Å²) in [7, 11) is -0.684. The Morgan fingerprint density at radius 3 is 2.48 bits per heavy atom. The lowest BCUT2D eigenvalue weighted by Crippen LogP contribution is -2.21. The van der Waals surface area contributed by atoms with Crippen LogP contribution in [0.25, 0.3) is 11.5 Å². The number of aromatic nitrogens is 2. The highest BCUT2D eigenvalue weighted by atomic mass is 35.5. The number of thioether (sulfide) groups is 1. The maximum atomic E-state index is 12.0. The minimum absolute atomic E-state index is 0.0968. The van der Waals surface area contributed by atoms with Crippen LogP contribution >= 0.6 is 23.4 Å². The standard InChI is InChI=1S/C15H14ClN3O4S2/c1-19(2)25(20,21)13-8-7-12(22-13)9-24-15-18-17-14(23-15)10-3-5-11(16)6-4-10/h3-8H,9H2,1-2H3. The van der Waals surface area contributed by atoms with E-state index in [2.05, 4.69) is 10.2 Å². The number of hydrogen-bond donors (Lipinski definition) is 0. The summed E-state index contributed by atoms with van der Waals surface area (Å²) >= 11 is 7.10. The van der Waals surface area contributed by atoms with Crippen LogP contribution in [0, 0.1) is 0 Å². The van der Waals surface area contributed by atoms with Crippen LogP contribution in [0.4, 0.5) is 0 Å². The monoisotopic (exact) mass is 399 g/mol. The maximum Gasteiger partial charge on any atom is 0.277 e. The Labute approximate surface area is 154 Å². The Morgan fingerprint density at radius 1 is 1.08 bits per heavy atom. The second-order valence-electron chi connectivity index (χ2n) is 5.18. The molecule has 0 spiro atoms. The van der Waals surface area contributed by atoms with Gasteiger partial charge in [0.25, 0.3) is 15.2 Å². The minimum atomic E-state index is -3.58. The molecule has 7 nitrogen and oxygen atoms in total. The molecule has 3 rings (SSSR count). The number of furan rings is 1. The van der Waals surface area contributed by atoms with Gasteiger partial charge in [0, 0.05) is 24.7 Å². The molecule has 0 saturated heterocycles. The molecule has 0 bridgehead atoms. The molecule has 2 heterocycles. The Balaban J connectivity index is 1.67. The lowest BCUT2D eigenvalue weighted by atomic mass is 10.2. The maximum absolute atomic E-state index is 12.0. The summed E-state index contributed by atoms with van der Waals surface area (Å²) in [5, 5.41) is 8.83. The highest BCUT2D eigenvalue weighted by Gasteiger charge is 2.21. The fourth-order valence-corrected chi connectivity index (χ4v) is 3.46. The molecule has 0 N–H and O–H groups in total. The summed E-state index contributed by atoms with van der Waals surface area (Å²) in [6, 6.07) is 10.1. The van der Waals surface area contributed by atoms with E-state index in [0.29, 0.717) is 27.6 Å². The smallest absolute Gasteiger partial charge is 0.277 e. The van der Waals surface area contributed by atoms with Crippen molar-refractivity contribution < 1.29 is 17.3 Å². The van der Waals surface area contributed by atoms with E-state index in [1.807, 2.05) is 0 Å². The summed E-state index contributed by atoms with van der Waals surface area (Å²) in [5.41, 5.74) is 0.765. The van der Waals surface area contributed by atoms with Crippen molar-refractivity contribution in [2.75, 3.05) is 14.1 Å². The largest absolute Gasteiger partial charge is 0.447 e. The summed E-state index contributed by atoms with van der Waals surface area (Å²) in [6.45, 7) is 0. The summed E-state index contributed by atoms with van der Waals surface area (Å²) in [4.78, 5) is 0. The molecule has 0 radical (unpaired) electrons. The van der Waals surface area contributed by atoms with E-state index in [0.717, 1.165) is 9.87 Å².